The molecule has 0 aromatic rings. The Bertz CT molecular complexity index is 598. The Morgan fingerprint density at radius 2 is 1.83 bits per heavy atom. The van der Waals surface area contributed by atoms with Crippen molar-refractivity contribution in [2.24, 2.45) is 11.3 Å². The highest BCUT2D eigenvalue weighted by Gasteiger charge is 2.56. The summed E-state index contributed by atoms with van der Waals surface area (Å²) in [6, 6.07) is 0. The Morgan fingerprint density at radius 3 is 2.55 bits per heavy atom. The van der Waals surface area contributed by atoms with Gasteiger partial charge in [0.15, 0.2) is 0 Å². The lowest BCUT2D eigenvalue weighted by Crippen LogP contribution is -2.65. The monoisotopic (exact) mass is 405 g/mol. The summed E-state index contributed by atoms with van der Waals surface area (Å²) in [6.45, 7) is 3.56. The molecule has 4 fully saturated rings. The number of carbonyl (C=O) groups excluding carboxylic acids is 2. The lowest BCUT2D eigenvalue weighted by molar-refractivity contribution is -0.167. The maximum absolute atomic E-state index is 13.0. The number of β-amino-alcohol motifs (C(OH)–C–C–N with tert-alkyl or cyclic N) is 1. The topological polar surface area (TPSA) is 72.9 Å². The highest BCUT2D eigenvalue weighted by atomic mass is 16.3. The van der Waals surface area contributed by atoms with Crippen LogP contribution in [0.3, 0.4) is 0 Å². The molecule has 2 saturated carbocycles. The van der Waals surface area contributed by atoms with Crippen LogP contribution >= 0.6 is 0 Å². The van der Waals surface area contributed by atoms with Gasteiger partial charge in [-0.25, -0.2) is 0 Å². The first-order chi connectivity index (χ1) is 14.0. The van der Waals surface area contributed by atoms with Crippen LogP contribution in [0.15, 0.2) is 0 Å². The lowest BCUT2D eigenvalue weighted by atomic mass is 9.65. The van der Waals surface area contributed by atoms with E-state index in [2.05, 4.69) is 5.32 Å². The van der Waals surface area contributed by atoms with Crippen LogP contribution in [0.2, 0.25) is 0 Å². The third-order valence-electron chi connectivity index (χ3n) is 8.32. The fraction of sp³-hybridized carbons (Fsp3) is 0.913. The number of piperidine rings is 1. The predicted molar refractivity (Wildman–Crippen MR) is 112 cm³/mol. The van der Waals surface area contributed by atoms with Crippen molar-refractivity contribution < 1.29 is 14.7 Å². The normalized spacial score (nSPS) is 30.9. The SMILES string of the molecule is O=C1CNCCN1CC1(O)CCN(C(=O)CCC2CCCCC2)CC12CCCC2. The van der Waals surface area contributed by atoms with Crippen molar-refractivity contribution in [3.63, 3.8) is 0 Å². The summed E-state index contributed by atoms with van der Waals surface area (Å²) in [4.78, 5) is 29.2. The molecule has 2 amide bonds. The van der Waals surface area contributed by atoms with Gasteiger partial charge < -0.3 is 20.2 Å². The number of amides is 2. The smallest absolute Gasteiger partial charge is 0.236 e. The molecule has 6 heteroatoms. The molecule has 1 atom stereocenters. The predicted octanol–water partition coefficient (Wildman–Crippen LogP) is 2.30. The molecular formula is C23H39N3O3. The van der Waals surface area contributed by atoms with Gasteiger partial charge in [0.25, 0.3) is 0 Å². The Morgan fingerprint density at radius 1 is 1.07 bits per heavy atom. The first-order valence-corrected chi connectivity index (χ1v) is 12.0. The molecule has 0 aromatic heterocycles. The zero-order valence-electron chi connectivity index (χ0n) is 18.0. The number of hydrogen-bond donors (Lipinski definition) is 2. The minimum atomic E-state index is -0.864. The van der Waals surface area contributed by atoms with Crippen molar-refractivity contribution in [3.8, 4) is 0 Å². The van der Waals surface area contributed by atoms with Crippen LogP contribution in [-0.2, 0) is 9.59 Å². The van der Waals surface area contributed by atoms with Gasteiger partial charge in [0.1, 0.15) is 0 Å². The molecule has 29 heavy (non-hydrogen) atoms. The van der Waals surface area contributed by atoms with Gasteiger partial charge >= 0.3 is 0 Å². The third-order valence-corrected chi connectivity index (χ3v) is 8.32. The zero-order chi connectivity index (χ0) is 20.3. The van der Waals surface area contributed by atoms with Crippen molar-refractivity contribution in [2.45, 2.75) is 82.7 Å². The van der Waals surface area contributed by atoms with Gasteiger partial charge in [-0.05, 0) is 31.6 Å². The fourth-order valence-electron chi connectivity index (χ4n) is 6.40. The summed E-state index contributed by atoms with van der Waals surface area (Å²) in [7, 11) is 0. The average Bonchev–Trinajstić information content (AvgIpc) is 3.21. The van der Waals surface area contributed by atoms with Crippen LogP contribution in [0.25, 0.3) is 0 Å². The molecule has 2 aliphatic heterocycles. The van der Waals surface area contributed by atoms with E-state index in [1.54, 1.807) is 0 Å². The minimum absolute atomic E-state index is 0.0869. The maximum Gasteiger partial charge on any atom is 0.236 e. The number of carbonyl (C=O) groups is 2. The quantitative estimate of drug-likeness (QED) is 0.736. The van der Waals surface area contributed by atoms with Crippen LogP contribution in [-0.4, -0.2) is 71.6 Å². The Hall–Kier alpha value is -1.14. The Labute approximate surface area is 175 Å². The molecule has 1 spiro atoms. The van der Waals surface area contributed by atoms with E-state index in [0.29, 0.717) is 45.6 Å². The molecule has 2 saturated heterocycles. The summed E-state index contributed by atoms with van der Waals surface area (Å²) >= 11 is 0. The van der Waals surface area contributed by atoms with Gasteiger partial charge in [-0.2, -0.15) is 0 Å². The largest absolute Gasteiger partial charge is 0.387 e. The fourth-order valence-corrected chi connectivity index (χ4v) is 6.40. The number of nitrogens with zero attached hydrogens (tertiary/aromatic N) is 2. The lowest BCUT2D eigenvalue weighted by Gasteiger charge is -2.54. The van der Waals surface area contributed by atoms with Crippen LogP contribution in [0.5, 0.6) is 0 Å². The van der Waals surface area contributed by atoms with E-state index < -0.39 is 5.60 Å². The molecule has 1 unspecified atom stereocenters. The van der Waals surface area contributed by atoms with Gasteiger partial charge in [0, 0.05) is 38.0 Å². The van der Waals surface area contributed by atoms with Gasteiger partial charge in [0.05, 0.1) is 18.7 Å². The second-order valence-electron chi connectivity index (χ2n) is 10.1. The first-order valence-electron chi connectivity index (χ1n) is 12.0. The van der Waals surface area contributed by atoms with Crippen LogP contribution in [0.1, 0.15) is 77.0 Å². The number of aliphatic hydroxyl groups is 1. The highest BCUT2D eigenvalue weighted by molar-refractivity contribution is 5.79. The zero-order valence-corrected chi connectivity index (χ0v) is 18.0. The van der Waals surface area contributed by atoms with Gasteiger partial charge in [0.2, 0.25) is 11.8 Å². The summed E-state index contributed by atoms with van der Waals surface area (Å²) in [5.74, 6) is 1.10. The molecule has 0 radical (unpaired) electrons. The molecule has 0 aromatic carbocycles. The summed E-state index contributed by atoms with van der Waals surface area (Å²) < 4.78 is 0. The highest BCUT2D eigenvalue weighted by Crippen LogP contribution is 2.51. The number of hydrogen-bond acceptors (Lipinski definition) is 4. The van der Waals surface area contributed by atoms with E-state index in [4.69, 9.17) is 0 Å². The van der Waals surface area contributed by atoms with E-state index in [1.165, 1.54) is 32.1 Å². The molecule has 4 aliphatic rings. The van der Waals surface area contributed by atoms with Crippen molar-refractivity contribution in [3.05, 3.63) is 0 Å². The summed E-state index contributed by atoms with van der Waals surface area (Å²) in [5.41, 5.74) is -1.10. The maximum atomic E-state index is 13.0. The second-order valence-corrected chi connectivity index (χ2v) is 10.1. The van der Waals surface area contributed by atoms with Crippen LogP contribution < -0.4 is 5.32 Å². The molecule has 6 nitrogen and oxygen atoms in total. The van der Waals surface area contributed by atoms with Crippen molar-refractivity contribution in [1.29, 1.82) is 0 Å². The molecule has 2 heterocycles. The molecule has 0 bridgehead atoms. The molecule has 2 N–H and O–H groups in total. The first kappa shape index (κ1) is 21.1. The summed E-state index contributed by atoms with van der Waals surface area (Å²) in [6.07, 6.45) is 13.0. The Balaban J connectivity index is 1.39. The standard InChI is InChI=1S/C23H39N3O3/c27-20(9-8-19-6-2-1-3-7-19)25-14-12-23(29,22(17-25)10-4-5-11-22)18-26-15-13-24-16-21(26)28/h19,24,29H,1-18H2. The number of likely N-dealkylation sites (tertiary alicyclic amines) is 1. The molecule has 4 rings (SSSR count). The van der Waals surface area contributed by atoms with Crippen LogP contribution in [0.4, 0.5) is 0 Å². The molecule has 2 aliphatic carbocycles. The van der Waals surface area contributed by atoms with E-state index >= 15 is 0 Å². The second kappa shape index (κ2) is 8.93. The number of nitrogens with one attached hydrogen (secondary N) is 1. The number of piperazine rings is 1. The average molecular weight is 406 g/mol. The Kier molecular flexibility index (Phi) is 6.50. The van der Waals surface area contributed by atoms with Crippen molar-refractivity contribution in [1.82, 2.24) is 15.1 Å². The van der Waals surface area contributed by atoms with E-state index in [0.717, 1.165) is 44.6 Å². The van der Waals surface area contributed by atoms with Gasteiger partial charge in [-0.15, -0.1) is 0 Å². The van der Waals surface area contributed by atoms with E-state index in [-0.39, 0.29) is 17.2 Å². The number of rotatable bonds is 5. The van der Waals surface area contributed by atoms with Crippen LogP contribution in [0, 0.1) is 11.3 Å². The van der Waals surface area contributed by atoms with E-state index in [1.807, 2.05) is 9.80 Å². The summed E-state index contributed by atoms with van der Waals surface area (Å²) in [5, 5.41) is 14.9. The van der Waals surface area contributed by atoms with Crippen molar-refractivity contribution >= 4 is 11.8 Å². The van der Waals surface area contributed by atoms with Gasteiger partial charge in [-0.3, -0.25) is 9.59 Å². The molecular weight excluding hydrogens is 366 g/mol. The molecule has 164 valence electrons. The third kappa shape index (κ3) is 4.48. The van der Waals surface area contributed by atoms with E-state index in [9.17, 15) is 14.7 Å². The van der Waals surface area contributed by atoms with Crippen molar-refractivity contribution in [2.75, 3.05) is 39.3 Å². The van der Waals surface area contributed by atoms with Gasteiger partial charge in [-0.1, -0.05) is 44.9 Å². The minimum Gasteiger partial charge on any atom is -0.387 e.